The zero-order chi connectivity index (χ0) is 14.0. The minimum atomic E-state index is -3.78. The van der Waals surface area contributed by atoms with Crippen LogP contribution in [0.5, 0.6) is 5.75 Å². The van der Waals surface area contributed by atoms with Crippen molar-refractivity contribution in [3.05, 3.63) is 40.8 Å². The molecule has 0 atom stereocenters. The summed E-state index contributed by atoms with van der Waals surface area (Å²) >= 11 is 0.876. The Morgan fingerprint density at radius 2 is 2.05 bits per heavy atom. The average Bonchev–Trinajstić information content (AvgIpc) is 2.83. The quantitative estimate of drug-likeness (QED) is 0.851. The molecule has 0 bridgehead atoms. The van der Waals surface area contributed by atoms with Crippen LogP contribution < -0.4 is 4.72 Å². The molecular weight excluding hydrogens is 284 g/mol. The monoisotopic (exact) mass is 294 g/mol. The highest BCUT2D eigenvalue weighted by Gasteiger charge is 2.18. The maximum Gasteiger partial charge on any atom is 0.271 e. The van der Waals surface area contributed by atoms with E-state index in [0.717, 1.165) is 16.9 Å². The Balaban J connectivity index is 2.36. The number of phenols is 1. The van der Waals surface area contributed by atoms with Crippen LogP contribution in [0.2, 0.25) is 0 Å². The van der Waals surface area contributed by atoms with Gasteiger partial charge in [-0.25, -0.2) is 8.42 Å². The van der Waals surface area contributed by atoms with E-state index in [1.54, 1.807) is 13.0 Å². The molecular formula is C12H10N2O3S2. The lowest BCUT2D eigenvalue weighted by Crippen LogP contribution is -2.11. The summed E-state index contributed by atoms with van der Waals surface area (Å²) in [6, 6.07) is 9.31. The minimum Gasteiger partial charge on any atom is -0.506 e. The van der Waals surface area contributed by atoms with E-state index in [1.807, 2.05) is 6.07 Å². The zero-order valence-electron chi connectivity index (χ0n) is 9.91. The van der Waals surface area contributed by atoms with E-state index < -0.39 is 10.0 Å². The van der Waals surface area contributed by atoms with Gasteiger partial charge in [0.1, 0.15) is 20.9 Å². The predicted molar refractivity (Wildman–Crippen MR) is 72.7 cm³/mol. The number of nitrogens with zero attached hydrogens (tertiary/aromatic N) is 1. The summed E-state index contributed by atoms with van der Waals surface area (Å²) in [4.78, 5) is 0.314. The van der Waals surface area contributed by atoms with Crippen molar-refractivity contribution < 1.29 is 13.5 Å². The molecule has 0 radical (unpaired) electrons. The molecule has 19 heavy (non-hydrogen) atoms. The fraction of sp³-hybridized carbons (Fsp3) is 0.0833. The number of nitrogens with one attached hydrogen (secondary N) is 1. The highest BCUT2D eigenvalue weighted by atomic mass is 32.2. The molecule has 0 saturated carbocycles. The van der Waals surface area contributed by atoms with E-state index >= 15 is 0 Å². The van der Waals surface area contributed by atoms with Gasteiger partial charge in [0, 0.05) is 0 Å². The van der Waals surface area contributed by atoms with Gasteiger partial charge in [-0.3, -0.25) is 4.72 Å². The fourth-order valence-electron chi connectivity index (χ4n) is 1.45. The third-order valence-electron chi connectivity index (χ3n) is 2.35. The van der Waals surface area contributed by atoms with Gasteiger partial charge in [-0.1, -0.05) is 6.07 Å². The van der Waals surface area contributed by atoms with E-state index in [0.29, 0.717) is 4.88 Å². The molecule has 0 unspecified atom stereocenters. The van der Waals surface area contributed by atoms with Crippen LogP contribution in [-0.4, -0.2) is 13.5 Å². The second-order valence-corrected chi connectivity index (χ2v) is 6.85. The van der Waals surface area contributed by atoms with E-state index in [9.17, 15) is 13.5 Å². The van der Waals surface area contributed by atoms with Crippen LogP contribution >= 0.6 is 11.3 Å². The van der Waals surface area contributed by atoms with Crippen LogP contribution in [0.25, 0.3) is 0 Å². The molecule has 1 heterocycles. The first-order chi connectivity index (χ1) is 8.92. The van der Waals surface area contributed by atoms with Gasteiger partial charge in [0.15, 0.2) is 0 Å². The summed E-state index contributed by atoms with van der Waals surface area (Å²) in [5, 5.41) is 18.3. The van der Waals surface area contributed by atoms with Crippen molar-refractivity contribution in [3.8, 4) is 11.8 Å². The molecule has 2 aromatic rings. The molecule has 2 rings (SSSR count). The van der Waals surface area contributed by atoms with Crippen LogP contribution in [0.15, 0.2) is 34.5 Å². The second kappa shape index (κ2) is 4.91. The maximum absolute atomic E-state index is 12.1. The predicted octanol–water partition coefficient (Wildman–Crippen LogP) is 2.43. The number of aryl methyl sites for hydroxylation is 1. The van der Waals surface area contributed by atoms with Crippen molar-refractivity contribution in [1.82, 2.24) is 0 Å². The Bertz CT molecular complexity index is 758. The van der Waals surface area contributed by atoms with Gasteiger partial charge in [0.2, 0.25) is 0 Å². The standard InChI is InChI=1S/C12H10N2O3S2/c1-8-2-4-11(15)10(6-8)14-19(16,17)12-5-3-9(7-13)18-12/h2-6,14-15H,1H3. The fourth-order valence-corrected chi connectivity index (χ4v) is 3.62. The highest BCUT2D eigenvalue weighted by Crippen LogP contribution is 2.28. The van der Waals surface area contributed by atoms with Crippen LogP contribution in [0.3, 0.4) is 0 Å². The Morgan fingerprint density at radius 3 is 2.68 bits per heavy atom. The number of anilines is 1. The summed E-state index contributed by atoms with van der Waals surface area (Å²) in [7, 11) is -3.78. The van der Waals surface area contributed by atoms with E-state index in [-0.39, 0.29) is 15.6 Å². The summed E-state index contributed by atoms with van der Waals surface area (Å²) in [6.07, 6.45) is 0. The van der Waals surface area contributed by atoms with E-state index in [4.69, 9.17) is 5.26 Å². The number of aromatic hydroxyl groups is 1. The Morgan fingerprint density at radius 1 is 1.32 bits per heavy atom. The van der Waals surface area contributed by atoms with Gasteiger partial charge >= 0.3 is 0 Å². The van der Waals surface area contributed by atoms with Crippen molar-refractivity contribution in [2.45, 2.75) is 11.1 Å². The van der Waals surface area contributed by atoms with Crippen LogP contribution in [0, 0.1) is 18.3 Å². The Labute approximate surface area is 114 Å². The second-order valence-electron chi connectivity index (χ2n) is 3.86. The molecule has 1 aromatic carbocycles. The van der Waals surface area contributed by atoms with Crippen molar-refractivity contribution in [2.75, 3.05) is 4.72 Å². The molecule has 0 aliphatic heterocycles. The molecule has 0 spiro atoms. The van der Waals surface area contributed by atoms with Gasteiger partial charge in [0.25, 0.3) is 10.0 Å². The number of thiophene rings is 1. The van der Waals surface area contributed by atoms with Crippen LogP contribution in [0.4, 0.5) is 5.69 Å². The first-order valence-corrected chi connectivity index (χ1v) is 7.55. The average molecular weight is 294 g/mol. The largest absolute Gasteiger partial charge is 0.506 e. The van der Waals surface area contributed by atoms with Gasteiger partial charge in [-0.2, -0.15) is 5.26 Å². The van der Waals surface area contributed by atoms with Gasteiger partial charge in [0.05, 0.1) is 5.69 Å². The minimum absolute atomic E-state index is 0.0324. The van der Waals surface area contributed by atoms with E-state index in [2.05, 4.69) is 4.72 Å². The molecule has 0 fully saturated rings. The first-order valence-electron chi connectivity index (χ1n) is 5.25. The molecule has 7 heteroatoms. The number of nitriles is 1. The van der Waals surface area contributed by atoms with Crippen molar-refractivity contribution in [2.24, 2.45) is 0 Å². The van der Waals surface area contributed by atoms with Crippen molar-refractivity contribution in [3.63, 3.8) is 0 Å². The topological polar surface area (TPSA) is 90.2 Å². The van der Waals surface area contributed by atoms with Crippen LogP contribution in [0.1, 0.15) is 10.4 Å². The molecule has 1 aromatic heterocycles. The van der Waals surface area contributed by atoms with Crippen LogP contribution in [-0.2, 0) is 10.0 Å². The molecule has 0 amide bonds. The van der Waals surface area contributed by atoms with Gasteiger partial charge < -0.3 is 5.11 Å². The number of benzene rings is 1. The first kappa shape index (κ1) is 13.4. The van der Waals surface area contributed by atoms with Crippen molar-refractivity contribution in [1.29, 1.82) is 5.26 Å². The lowest BCUT2D eigenvalue weighted by atomic mass is 10.2. The number of phenolic OH excluding ortho intramolecular Hbond substituents is 1. The number of rotatable bonds is 3. The summed E-state index contributed by atoms with van der Waals surface area (Å²) in [5.74, 6) is -0.147. The smallest absolute Gasteiger partial charge is 0.271 e. The normalized spacial score (nSPS) is 10.9. The lowest BCUT2D eigenvalue weighted by molar-refractivity contribution is 0.477. The summed E-state index contributed by atoms with van der Waals surface area (Å²) < 4.78 is 26.5. The summed E-state index contributed by atoms with van der Waals surface area (Å²) in [5.41, 5.74) is 0.936. The maximum atomic E-state index is 12.1. The van der Waals surface area contributed by atoms with Gasteiger partial charge in [-0.05, 0) is 36.8 Å². The Hall–Kier alpha value is -2.04. The Kier molecular flexibility index (Phi) is 3.46. The number of sulfonamides is 1. The van der Waals surface area contributed by atoms with E-state index in [1.165, 1.54) is 24.3 Å². The zero-order valence-corrected chi connectivity index (χ0v) is 11.5. The SMILES string of the molecule is Cc1ccc(O)c(NS(=O)(=O)c2ccc(C#N)s2)c1. The highest BCUT2D eigenvalue weighted by molar-refractivity contribution is 7.94. The van der Waals surface area contributed by atoms with Crippen molar-refractivity contribution >= 4 is 27.0 Å². The molecule has 98 valence electrons. The third kappa shape index (κ3) is 2.86. The number of hydrogen-bond acceptors (Lipinski definition) is 5. The molecule has 0 saturated heterocycles. The molecule has 5 nitrogen and oxygen atoms in total. The molecule has 0 aliphatic rings. The third-order valence-corrected chi connectivity index (χ3v) is 5.20. The lowest BCUT2D eigenvalue weighted by Gasteiger charge is -2.08. The summed E-state index contributed by atoms with van der Waals surface area (Å²) in [6.45, 7) is 1.79. The van der Waals surface area contributed by atoms with Gasteiger partial charge in [-0.15, -0.1) is 11.3 Å². The molecule has 0 aliphatic carbocycles. The number of hydrogen-bond donors (Lipinski definition) is 2. The molecule has 2 N–H and O–H groups in total.